The van der Waals surface area contributed by atoms with Crippen LogP contribution in [0.5, 0.6) is 0 Å². The summed E-state index contributed by atoms with van der Waals surface area (Å²) in [6, 6.07) is 18.3. The smallest absolute Gasteiger partial charge is 0.240 e. The Morgan fingerprint density at radius 1 is 1.11 bits per heavy atom. The number of amides is 2. The molecular weight excluding hydrogens is 500 g/mol. The summed E-state index contributed by atoms with van der Waals surface area (Å²) in [4.78, 5) is 28.3. The van der Waals surface area contributed by atoms with Gasteiger partial charge in [0.1, 0.15) is 12.4 Å². The molecule has 3 heterocycles. The standard InChI is InChI=1S/C29H30N4O2S2/c1-4-14-30-24(34)16-32-25(35)18-37-28(22-13-15-36-17-22)26-27(21-10-6-5-7-11-21)31-33(29(26)32)23-12-8-9-19(2)20(23)3/h5-13,15,17,28H,4,14,16,18H2,1-3H3,(H,30,34)/t28-/m1/s1. The summed E-state index contributed by atoms with van der Waals surface area (Å²) in [6.07, 6.45) is 0.833. The number of thioether (sulfide) groups is 1. The van der Waals surface area contributed by atoms with Crippen molar-refractivity contribution in [2.24, 2.45) is 0 Å². The first kappa shape index (κ1) is 25.3. The molecule has 4 aromatic rings. The fourth-order valence-corrected chi connectivity index (χ4v) is 6.57. The number of nitrogens with one attached hydrogen (secondary N) is 1. The first-order valence-electron chi connectivity index (χ1n) is 12.4. The van der Waals surface area contributed by atoms with E-state index in [1.165, 1.54) is 0 Å². The molecule has 0 saturated heterocycles. The molecule has 2 aromatic carbocycles. The van der Waals surface area contributed by atoms with Gasteiger partial charge in [-0.2, -0.15) is 16.4 Å². The van der Waals surface area contributed by atoms with Gasteiger partial charge >= 0.3 is 0 Å². The molecular formula is C29H30N4O2S2. The van der Waals surface area contributed by atoms with Gasteiger partial charge in [0, 0.05) is 17.7 Å². The summed E-state index contributed by atoms with van der Waals surface area (Å²) in [5.41, 5.74) is 7.03. The van der Waals surface area contributed by atoms with Crippen LogP contribution in [-0.4, -0.2) is 40.4 Å². The van der Waals surface area contributed by atoms with Crippen LogP contribution in [0, 0.1) is 13.8 Å². The number of thiophene rings is 1. The summed E-state index contributed by atoms with van der Waals surface area (Å²) in [6.45, 7) is 6.69. The highest BCUT2D eigenvalue weighted by Gasteiger charge is 2.38. The van der Waals surface area contributed by atoms with E-state index in [-0.39, 0.29) is 29.4 Å². The molecule has 0 fully saturated rings. The van der Waals surface area contributed by atoms with Gasteiger partial charge in [-0.3, -0.25) is 14.5 Å². The molecule has 190 valence electrons. The van der Waals surface area contributed by atoms with E-state index in [0.717, 1.165) is 45.6 Å². The lowest BCUT2D eigenvalue weighted by Gasteiger charge is -2.24. The number of aromatic nitrogens is 2. The predicted octanol–water partition coefficient (Wildman–Crippen LogP) is 5.91. The van der Waals surface area contributed by atoms with Crippen molar-refractivity contribution < 1.29 is 9.59 Å². The van der Waals surface area contributed by atoms with E-state index in [1.54, 1.807) is 28.0 Å². The molecule has 1 aliphatic rings. The minimum Gasteiger partial charge on any atom is -0.355 e. The van der Waals surface area contributed by atoms with Gasteiger partial charge in [0.25, 0.3) is 0 Å². The predicted molar refractivity (Wildman–Crippen MR) is 153 cm³/mol. The average molecular weight is 531 g/mol. The summed E-state index contributed by atoms with van der Waals surface area (Å²) < 4.78 is 1.89. The number of fused-ring (bicyclic) bond motifs is 1. The van der Waals surface area contributed by atoms with Crippen LogP contribution in [0.1, 0.15) is 40.8 Å². The number of carbonyl (C=O) groups is 2. The van der Waals surface area contributed by atoms with Crippen molar-refractivity contribution in [1.82, 2.24) is 15.1 Å². The summed E-state index contributed by atoms with van der Waals surface area (Å²) in [5.74, 6) is 0.680. The Labute approximate surface area is 225 Å². The molecule has 0 radical (unpaired) electrons. The van der Waals surface area contributed by atoms with Gasteiger partial charge in [0.05, 0.1) is 22.4 Å². The van der Waals surface area contributed by atoms with Crippen LogP contribution in [0.25, 0.3) is 16.9 Å². The van der Waals surface area contributed by atoms with Crippen molar-refractivity contribution in [2.45, 2.75) is 32.4 Å². The molecule has 2 aromatic heterocycles. The average Bonchev–Trinajstić information content (AvgIpc) is 3.55. The van der Waals surface area contributed by atoms with Crippen LogP contribution >= 0.6 is 23.1 Å². The largest absolute Gasteiger partial charge is 0.355 e. The molecule has 0 saturated carbocycles. The molecule has 1 atom stereocenters. The normalized spacial score (nSPS) is 15.4. The van der Waals surface area contributed by atoms with E-state index in [1.807, 2.05) is 41.9 Å². The molecule has 5 rings (SSSR count). The Morgan fingerprint density at radius 3 is 2.65 bits per heavy atom. The minimum atomic E-state index is -0.171. The molecule has 37 heavy (non-hydrogen) atoms. The maximum Gasteiger partial charge on any atom is 0.240 e. The molecule has 0 unspecified atom stereocenters. The van der Waals surface area contributed by atoms with Gasteiger partial charge in [-0.15, -0.1) is 11.8 Å². The first-order valence-corrected chi connectivity index (χ1v) is 14.4. The highest BCUT2D eigenvalue weighted by atomic mass is 32.2. The zero-order valence-corrected chi connectivity index (χ0v) is 22.9. The number of hydrogen-bond donors (Lipinski definition) is 1. The van der Waals surface area contributed by atoms with Crippen molar-refractivity contribution in [1.29, 1.82) is 0 Å². The lowest BCUT2D eigenvalue weighted by Crippen LogP contribution is -2.42. The summed E-state index contributed by atoms with van der Waals surface area (Å²) >= 11 is 3.24. The Morgan fingerprint density at radius 2 is 1.92 bits per heavy atom. The van der Waals surface area contributed by atoms with E-state index >= 15 is 0 Å². The third-order valence-corrected chi connectivity index (χ3v) is 8.62. The first-order chi connectivity index (χ1) is 18.0. The van der Waals surface area contributed by atoms with Crippen LogP contribution in [0.2, 0.25) is 0 Å². The maximum atomic E-state index is 13.7. The summed E-state index contributed by atoms with van der Waals surface area (Å²) in [5, 5.41) is 12.2. The number of rotatable bonds is 7. The van der Waals surface area contributed by atoms with Gasteiger partial charge in [0.15, 0.2) is 0 Å². The zero-order valence-electron chi connectivity index (χ0n) is 21.2. The Kier molecular flexibility index (Phi) is 7.48. The highest BCUT2D eigenvalue weighted by Crippen LogP contribution is 2.49. The Balaban J connectivity index is 1.80. The van der Waals surface area contributed by atoms with Crippen LogP contribution < -0.4 is 10.2 Å². The Bertz CT molecular complexity index is 1410. The zero-order chi connectivity index (χ0) is 25.9. The molecule has 6 nitrogen and oxygen atoms in total. The van der Waals surface area contributed by atoms with Gasteiger partial charge in [-0.25, -0.2) is 4.68 Å². The second-order valence-electron chi connectivity index (χ2n) is 9.16. The minimum absolute atomic E-state index is 0.0481. The second kappa shape index (κ2) is 10.9. The lowest BCUT2D eigenvalue weighted by molar-refractivity contribution is -0.122. The van der Waals surface area contributed by atoms with Gasteiger partial charge in [-0.1, -0.05) is 49.4 Å². The molecule has 0 bridgehead atoms. The van der Waals surface area contributed by atoms with Gasteiger partial charge in [0.2, 0.25) is 11.8 Å². The van der Waals surface area contributed by atoms with Crippen LogP contribution in [0.4, 0.5) is 5.82 Å². The lowest BCUT2D eigenvalue weighted by atomic mass is 10.0. The van der Waals surface area contributed by atoms with E-state index in [2.05, 4.69) is 54.2 Å². The number of benzene rings is 2. The van der Waals surface area contributed by atoms with Crippen molar-refractivity contribution in [3.8, 4) is 16.9 Å². The van der Waals surface area contributed by atoms with Crippen molar-refractivity contribution >= 4 is 40.7 Å². The summed E-state index contributed by atoms with van der Waals surface area (Å²) in [7, 11) is 0. The number of anilines is 1. The number of aryl methyl sites for hydroxylation is 1. The van der Waals surface area contributed by atoms with Crippen LogP contribution in [0.15, 0.2) is 65.4 Å². The van der Waals surface area contributed by atoms with Crippen molar-refractivity contribution in [3.63, 3.8) is 0 Å². The molecule has 1 aliphatic heterocycles. The quantitative estimate of drug-likeness (QED) is 0.322. The van der Waals surface area contributed by atoms with Gasteiger partial charge < -0.3 is 5.32 Å². The van der Waals surface area contributed by atoms with E-state index < -0.39 is 0 Å². The molecule has 0 aliphatic carbocycles. The molecule has 1 N–H and O–H groups in total. The van der Waals surface area contributed by atoms with E-state index in [0.29, 0.717) is 12.4 Å². The van der Waals surface area contributed by atoms with Crippen molar-refractivity contribution in [2.75, 3.05) is 23.7 Å². The maximum absolute atomic E-state index is 13.7. The SMILES string of the molecule is CCCNC(=O)CN1C(=O)CS[C@H](c2ccsc2)c2c(-c3ccccc3)nn(-c3cccc(C)c3C)c21. The van der Waals surface area contributed by atoms with Crippen LogP contribution in [0.3, 0.4) is 0 Å². The molecule has 8 heteroatoms. The van der Waals surface area contributed by atoms with Crippen LogP contribution in [-0.2, 0) is 9.59 Å². The third-order valence-electron chi connectivity index (χ3n) is 6.66. The second-order valence-corrected chi connectivity index (χ2v) is 11.0. The Hall–Kier alpha value is -3.36. The molecule has 0 spiro atoms. The molecule has 2 amide bonds. The number of carbonyl (C=O) groups excluding carboxylic acids is 2. The number of hydrogen-bond acceptors (Lipinski definition) is 5. The monoisotopic (exact) mass is 530 g/mol. The van der Waals surface area contributed by atoms with E-state index in [4.69, 9.17) is 5.10 Å². The number of nitrogens with zero attached hydrogens (tertiary/aromatic N) is 3. The van der Waals surface area contributed by atoms with Gasteiger partial charge in [-0.05, 0) is 59.9 Å². The highest BCUT2D eigenvalue weighted by molar-refractivity contribution is 8.00. The third kappa shape index (κ3) is 4.95. The topological polar surface area (TPSA) is 67.2 Å². The van der Waals surface area contributed by atoms with Crippen molar-refractivity contribution in [3.05, 3.63) is 87.6 Å². The van der Waals surface area contributed by atoms with E-state index in [9.17, 15) is 9.59 Å². The fourth-order valence-electron chi connectivity index (χ4n) is 4.61. The fraction of sp³-hybridized carbons (Fsp3) is 0.276.